The number of halogens is 2. The van der Waals surface area contributed by atoms with Gasteiger partial charge in [0.2, 0.25) is 5.91 Å². The van der Waals surface area contributed by atoms with Gasteiger partial charge in [-0.1, -0.05) is 17.7 Å². The fourth-order valence-electron chi connectivity index (χ4n) is 4.44. The van der Waals surface area contributed by atoms with E-state index in [4.69, 9.17) is 16.3 Å². The molecule has 0 atom stereocenters. The number of carbonyl (C=O) groups excluding carboxylic acids is 2. The molecule has 2 aromatic rings. The topological polar surface area (TPSA) is 61.9 Å². The van der Waals surface area contributed by atoms with Crippen molar-refractivity contribution in [1.29, 1.82) is 0 Å². The van der Waals surface area contributed by atoms with Crippen molar-refractivity contribution in [2.45, 2.75) is 39.2 Å². The zero-order valence-corrected chi connectivity index (χ0v) is 20.4. The standard InChI is InChI=1S/C24H29ClFN3O3S/c1-2-32-24(31)22-18-5-3-4-6-20(18)33-23(22)27-21(30)15-29-11-9-28(10-12-29)14-16-7-8-17(26)13-19(16)25/h7-8,13H,2-6,9-12,14-15H2,1H3,(H,27,30). The average molecular weight is 494 g/mol. The van der Waals surface area contributed by atoms with Gasteiger partial charge in [0.15, 0.2) is 0 Å². The van der Waals surface area contributed by atoms with Gasteiger partial charge >= 0.3 is 5.97 Å². The van der Waals surface area contributed by atoms with Crippen LogP contribution in [0.4, 0.5) is 9.39 Å². The van der Waals surface area contributed by atoms with Gasteiger partial charge in [-0.05, 0) is 55.9 Å². The minimum Gasteiger partial charge on any atom is -0.462 e. The van der Waals surface area contributed by atoms with E-state index in [1.165, 1.54) is 28.3 Å². The molecule has 2 aliphatic rings. The van der Waals surface area contributed by atoms with E-state index in [1.54, 1.807) is 13.0 Å². The number of hydrogen-bond acceptors (Lipinski definition) is 6. The second-order valence-corrected chi connectivity index (χ2v) is 9.98. The van der Waals surface area contributed by atoms with Gasteiger partial charge in [-0.3, -0.25) is 14.6 Å². The van der Waals surface area contributed by atoms with Crippen molar-refractivity contribution in [2.24, 2.45) is 0 Å². The first-order valence-corrected chi connectivity index (χ1v) is 12.6. The van der Waals surface area contributed by atoms with Crippen molar-refractivity contribution < 1.29 is 18.7 Å². The number of amides is 1. The summed E-state index contributed by atoms with van der Waals surface area (Å²) in [7, 11) is 0. The number of fused-ring (bicyclic) bond motifs is 1. The van der Waals surface area contributed by atoms with Gasteiger partial charge in [0, 0.05) is 42.6 Å². The summed E-state index contributed by atoms with van der Waals surface area (Å²) in [5, 5.41) is 4.05. The number of piperazine rings is 1. The van der Waals surface area contributed by atoms with Crippen LogP contribution in [-0.2, 0) is 28.9 Å². The molecule has 1 N–H and O–H groups in total. The minimum absolute atomic E-state index is 0.117. The smallest absolute Gasteiger partial charge is 0.341 e. The molecule has 1 aliphatic heterocycles. The SMILES string of the molecule is CCOC(=O)c1c(NC(=O)CN2CCN(Cc3ccc(F)cc3Cl)CC2)sc2c1CCCC2. The summed E-state index contributed by atoms with van der Waals surface area (Å²) in [5.41, 5.74) is 2.50. The first-order valence-electron chi connectivity index (χ1n) is 11.4. The quantitative estimate of drug-likeness (QED) is 0.581. The van der Waals surface area contributed by atoms with Crippen molar-refractivity contribution in [2.75, 3.05) is 44.6 Å². The lowest BCUT2D eigenvalue weighted by Crippen LogP contribution is -2.48. The fourth-order valence-corrected chi connectivity index (χ4v) is 5.96. The van der Waals surface area contributed by atoms with E-state index < -0.39 is 0 Å². The lowest BCUT2D eigenvalue weighted by molar-refractivity contribution is -0.117. The molecule has 0 radical (unpaired) electrons. The number of esters is 1. The van der Waals surface area contributed by atoms with Gasteiger partial charge in [0.1, 0.15) is 10.8 Å². The second kappa shape index (κ2) is 11.0. The van der Waals surface area contributed by atoms with Crippen LogP contribution in [0.25, 0.3) is 0 Å². The molecule has 0 unspecified atom stereocenters. The molecule has 1 fully saturated rings. The Morgan fingerprint density at radius 3 is 2.61 bits per heavy atom. The molecule has 1 aliphatic carbocycles. The molecule has 33 heavy (non-hydrogen) atoms. The second-order valence-electron chi connectivity index (χ2n) is 8.47. The molecular formula is C24H29ClFN3O3S. The molecule has 0 bridgehead atoms. The number of hydrogen-bond donors (Lipinski definition) is 1. The zero-order valence-electron chi connectivity index (χ0n) is 18.8. The van der Waals surface area contributed by atoms with E-state index in [-0.39, 0.29) is 24.2 Å². The highest BCUT2D eigenvalue weighted by Gasteiger charge is 2.28. The van der Waals surface area contributed by atoms with Gasteiger partial charge in [0.25, 0.3) is 0 Å². The Morgan fingerprint density at radius 2 is 1.88 bits per heavy atom. The summed E-state index contributed by atoms with van der Waals surface area (Å²) in [4.78, 5) is 30.9. The Balaban J connectivity index is 1.33. The Labute approximate surface area is 202 Å². The molecule has 1 amide bonds. The predicted molar refractivity (Wildman–Crippen MR) is 129 cm³/mol. The highest BCUT2D eigenvalue weighted by molar-refractivity contribution is 7.17. The van der Waals surface area contributed by atoms with Crippen LogP contribution in [0.3, 0.4) is 0 Å². The average Bonchev–Trinajstić information content (AvgIpc) is 3.14. The van der Waals surface area contributed by atoms with Crippen LogP contribution in [0, 0.1) is 5.82 Å². The van der Waals surface area contributed by atoms with Crippen LogP contribution in [0.5, 0.6) is 0 Å². The Hall–Kier alpha value is -2.00. The number of nitrogens with one attached hydrogen (secondary N) is 1. The lowest BCUT2D eigenvalue weighted by Gasteiger charge is -2.34. The van der Waals surface area contributed by atoms with Gasteiger partial charge < -0.3 is 10.1 Å². The number of aryl methyl sites for hydroxylation is 1. The highest BCUT2D eigenvalue weighted by atomic mass is 35.5. The molecule has 0 saturated carbocycles. The maximum absolute atomic E-state index is 13.3. The van der Waals surface area contributed by atoms with Crippen molar-refractivity contribution >= 4 is 39.8 Å². The molecule has 1 saturated heterocycles. The summed E-state index contributed by atoms with van der Waals surface area (Å²) in [6.07, 6.45) is 3.96. The highest BCUT2D eigenvalue weighted by Crippen LogP contribution is 2.38. The van der Waals surface area contributed by atoms with E-state index in [1.807, 2.05) is 0 Å². The van der Waals surface area contributed by atoms with Crippen molar-refractivity contribution in [3.63, 3.8) is 0 Å². The van der Waals surface area contributed by atoms with Crippen LogP contribution in [-0.4, -0.2) is 61.0 Å². The fraction of sp³-hybridized carbons (Fsp3) is 0.500. The summed E-state index contributed by atoms with van der Waals surface area (Å²) >= 11 is 7.67. The van der Waals surface area contributed by atoms with E-state index in [2.05, 4.69) is 15.1 Å². The molecule has 1 aromatic carbocycles. The van der Waals surface area contributed by atoms with Crippen molar-refractivity contribution in [1.82, 2.24) is 9.80 Å². The van der Waals surface area contributed by atoms with E-state index in [0.29, 0.717) is 28.7 Å². The minimum atomic E-state index is -0.347. The molecular weight excluding hydrogens is 465 g/mol. The van der Waals surface area contributed by atoms with E-state index in [0.717, 1.165) is 63.0 Å². The van der Waals surface area contributed by atoms with Gasteiger partial charge in [-0.25, -0.2) is 9.18 Å². The number of nitrogens with zero attached hydrogens (tertiary/aromatic N) is 2. The van der Waals surface area contributed by atoms with Crippen LogP contribution in [0.15, 0.2) is 18.2 Å². The van der Waals surface area contributed by atoms with Crippen molar-refractivity contribution in [3.8, 4) is 0 Å². The number of carbonyl (C=O) groups is 2. The van der Waals surface area contributed by atoms with Gasteiger partial charge in [0.05, 0.1) is 18.7 Å². The summed E-state index contributed by atoms with van der Waals surface area (Å²) < 4.78 is 18.5. The van der Waals surface area contributed by atoms with Crippen LogP contribution >= 0.6 is 22.9 Å². The predicted octanol–water partition coefficient (Wildman–Crippen LogP) is 4.35. The third kappa shape index (κ3) is 5.93. The number of ether oxygens (including phenoxy) is 1. The monoisotopic (exact) mass is 493 g/mol. The lowest BCUT2D eigenvalue weighted by atomic mass is 9.95. The first kappa shape index (κ1) is 24.1. The summed E-state index contributed by atoms with van der Waals surface area (Å²) in [6, 6.07) is 4.48. The zero-order chi connectivity index (χ0) is 23.4. The third-order valence-corrected chi connectivity index (χ3v) is 7.70. The Morgan fingerprint density at radius 1 is 1.15 bits per heavy atom. The van der Waals surface area contributed by atoms with Gasteiger partial charge in [-0.2, -0.15) is 0 Å². The summed E-state index contributed by atoms with van der Waals surface area (Å²) in [5.74, 6) is -0.799. The Bertz CT molecular complexity index is 1020. The molecule has 4 rings (SSSR count). The van der Waals surface area contributed by atoms with Crippen LogP contribution < -0.4 is 5.32 Å². The molecule has 2 heterocycles. The number of rotatable bonds is 7. The molecule has 178 valence electrons. The van der Waals surface area contributed by atoms with Crippen LogP contribution in [0.1, 0.15) is 46.1 Å². The molecule has 0 spiro atoms. The Kier molecular flexibility index (Phi) is 8.01. The van der Waals surface area contributed by atoms with E-state index in [9.17, 15) is 14.0 Å². The maximum Gasteiger partial charge on any atom is 0.341 e. The molecule has 1 aromatic heterocycles. The number of anilines is 1. The van der Waals surface area contributed by atoms with Crippen molar-refractivity contribution in [3.05, 3.63) is 50.6 Å². The molecule has 6 nitrogen and oxygen atoms in total. The number of benzene rings is 1. The summed E-state index contributed by atoms with van der Waals surface area (Å²) in [6.45, 7) is 6.11. The van der Waals surface area contributed by atoms with Gasteiger partial charge in [-0.15, -0.1) is 11.3 Å². The largest absolute Gasteiger partial charge is 0.462 e. The first-order chi connectivity index (χ1) is 15.9. The number of thiophene rings is 1. The van der Waals surface area contributed by atoms with Crippen LogP contribution in [0.2, 0.25) is 5.02 Å². The maximum atomic E-state index is 13.3. The third-order valence-electron chi connectivity index (χ3n) is 6.14. The molecule has 9 heteroatoms. The van der Waals surface area contributed by atoms with E-state index >= 15 is 0 Å². The normalized spacial score (nSPS) is 16.9.